The lowest BCUT2D eigenvalue weighted by molar-refractivity contribution is -0.120. The molecule has 2 rings (SSSR count). The van der Waals surface area contributed by atoms with Crippen LogP contribution in [0.4, 0.5) is 4.39 Å². The van der Waals surface area contributed by atoms with E-state index in [0.717, 1.165) is 5.56 Å². The van der Waals surface area contributed by atoms with Crippen LogP contribution in [0.3, 0.4) is 0 Å². The van der Waals surface area contributed by atoms with Gasteiger partial charge in [0, 0.05) is 24.1 Å². The summed E-state index contributed by atoms with van der Waals surface area (Å²) >= 11 is 1.56. The number of nitrogens with two attached hydrogens (primary N) is 1. The molecule has 0 heterocycles. The van der Waals surface area contributed by atoms with Crippen LogP contribution in [0.5, 0.6) is 5.75 Å². The van der Waals surface area contributed by atoms with Crippen molar-refractivity contribution in [1.82, 2.24) is 5.32 Å². The molecule has 2 aromatic carbocycles. The zero-order chi connectivity index (χ0) is 19.5. The van der Waals surface area contributed by atoms with Crippen molar-refractivity contribution in [3.05, 3.63) is 71.6 Å². The van der Waals surface area contributed by atoms with Gasteiger partial charge in [-0.25, -0.2) is 4.39 Å². The highest BCUT2D eigenvalue weighted by Gasteiger charge is 2.01. The van der Waals surface area contributed by atoms with E-state index in [1.54, 1.807) is 54.2 Å². The van der Waals surface area contributed by atoms with Crippen molar-refractivity contribution in [3.63, 3.8) is 0 Å². The molecule has 0 unspecified atom stereocenters. The molecular weight excluding hydrogens is 367 g/mol. The normalized spacial score (nSPS) is 10.7. The molecule has 2 aromatic rings. The van der Waals surface area contributed by atoms with Gasteiger partial charge in [0.15, 0.2) is 6.61 Å². The lowest BCUT2D eigenvalue weighted by Crippen LogP contribution is -2.23. The van der Waals surface area contributed by atoms with E-state index in [2.05, 4.69) is 5.32 Å². The number of ether oxygens (including phenoxy) is 1. The Balaban J connectivity index is 1.66. The molecule has 5 nitrogen and oxygen atoms in total. The third-order valence-corrected chi connectivity index (χ3v) is 4.46. The second-order valence-corrected chi connectivity index (χ2v) is 6.70. The number of rotatable bonds is 10. The predicted molar refractivity (Wildman–Crippen MR) is 106 cm³/mol. The summed E-state index contributed by atoms with van der Waals surface area (Å²) in [5.74, 6) is 0.853. The number of halogens is 1. The van der Waals surface area contributed by atoms with Crippen molar-refractivity contribution >= 4 is 29.7 Å². The number of hydrogen-bond acceptors (Lipinski definition) is 4. The van der Waals surface area contributed by atoms with Crippen molar-refractivity contribution < 1.29 is 18.7 Å². The van der Waals surface area contributed by atoms with Crippen LogP contribution in [0, 0.1) is 5.82 Å². The van der Waals surface area contributed by atoms with Crippen molar-refractivity contribution in [2.24, 2.45) is 5.73 Å². The first-order chi connectivity index (χ1) is 13.0. The fourth-order valence-corrected chi connectivity index (χ4v) is 2.95. The molecule has 0 saturated carbocycles. The second-order valence-electron chi connectivity index (χ2n) is 5.59. The number of hydrogen-bond donors (Lipinski definition) is 2. The van der Waals surface area contributed by atoms with Crippen LogP contribution in [0.25, 0.3) is 6.08 Å². The van der Waals surface area contributed by atoms with Gasteiger partial charge in [0.2, 0.25) is 5.91 Å². The van der Waals surface area contributed by atoms with Crippen molar-refractivity contribution in [2.45, 2.75) is 5.75 Å². The molecule has 2 amide bonds. The summed E-state index contributed by atoms with van der Waals surface area (Å²) in [4.78, 5) is 22.5. The smallest absolute Gasteiger partial charge is 0.255 e. The molecule has 0 aliphatic heterocycles. The van der Waals surface area contributed by atoms with Gasteiger partial charge in [0.1, 0.15) is 11.6 Å². The van der Waals surface area contributed by atoms with Crippen LogP contribution >= 0.6 is 11.8 Å². The third-order valence-electron chi connectivity index (χ3n) is 3.45. The van der Waals surface area contributed by atoms with E-state index in [1.807, 2.05) is 6.07 Å². The van der Waals surface area contributed by atoms with E-state index in [1.165, 1.54) is 12.1 Å². The summed E-state index contributed by atoms with van der Waals surface area (Å²) in [5.41, 5.74) is 6.50. The van der Waals surface area contributed by atoms with Crippen LogP contribution in [0.1, 0.15) is 11.1 Å². The fraction of sp³-hybridized carbons (Fsp3) is 0.200. The summed E-state index contributed by atoms with van der Waals surface area (Å²) < 4.78 is 18.6. The molecule has 3 N–H and O–H groups in total. The van der Waals surface area contributed by atoms with Gasteiger partial charge in [-0.15, -0.1) is 0 Å². The topological polar surface area (TPSA) is 81.4 Å². The highest BCUT2D eigenvalue weighted by molar-refractivity contribution is 7.98. The molecule has 0 aliphatic rings. The Kier molecular flexibility index (Phi) is 8.38. The number of thioether (sulfide) groups is 1. The first-order valence-corrected chi connectivity index (χ1v) is 9.48. The monoisotopic (exact) mass is 388 g/mol. The van der Waals surface area contributed by atoms with Gasteiger partial charge in [-0.05, 0) is 35.4 Å². The zero-order valence-electron chi connectivity index (χ0n) is 14.7. The summed E-state index contributed by atoms with van der Waals surface area (Å²) in [5, 5.41) is 2.78. The molecule has 7 heteroatoms. The Morgan fingerprint density at radius 2 is 1.89 bits per heavy atom. The summed E-state index contributed by atoms with van der Waals surface area (Å²) in [7, 11) is 0. The van der Waals surface area contributed by atoms with Crippen molar-refractivity contribution in [2.75, 3.05) is 18.9 Å². The molecule has 0 aromatic heterocycles. The van der Waals surface area contributed by atoms with Crippen molar-refractivity contribution in [3.8, 4) is 5.75 Å². The first-order valence-electron chi connectivity index (χ1n) is 8.33. The van der Waals surface area contributed by atoms with Crippen LogP contribution < -0.4 is 15.8 Å². The Labute approximate surface area is 161 Å². The fourth-order valence-electron chi connectivity index (χ4n) is 2.10. The number of amides is 2. The minimum absolute atomic E-state index is 0.174. The van der Waals surface area contributed by atoms with E-state index >= 15 is 0 Å². The molecular formula is C20H21FN2O3S. The molecule has 0 aliphatic carbocycles. The van der Waals surface area contributed by atoms with Crippen LogP contribution in [-0.2, 0) is 15.3 Å². The van der Waals surface area contributed by atoms with Crippen LogP contribution in [-0.4, -0.2) is 30.7 Å². The number of carbonyl (C=O) groups excluding carboxylic acids is 2. The van der Waals surface area contributed by atoms with Crippen molar-refractivity contribution in [1.29, 1.82) is 0 Å². The number of benzene rings is 2. The molecule has 0 spiro atoms. The van der Waals surface area contributed by atoms with Gasteiger partial charge in [0.25, 0.3) is 5.91 Å². The Morgan fingerprint density at radius 1 is 1.15 bits per heavy atom. The summed E-state index contributed by atoms with van der Waals surface area (Å²) in [6.07, 6.45) is 3.13. The number of carbonyl (C=O) groups is 2. The van der Waals surface area contributed by atoms with E-state index in [0.29, 0.717) is 29.4 Å². The van der Waals surface area contributed by atoms with E-state index in [-0.39, 0.29) is 18.3 Å². The quantitative estimate of drug-likeness (QED) is 0.484. The molecule has 0 saturated heterocycles. The molecule has 27 heavy (non-hydrogen) atoms. The Hall–Kier alpha value is -2.80. The van der Waals surface area contributed by atoms with Gasteiger partial charge >= 0.3 is 0 Å². The largest absolute Gasteiger partial charge is 0.484 e. The standard InChI is InChI=1S/C20H21FN2O3S/c21-18-4-2-1-3-16(18)14-27-12-11-23-20(25)10-7-15-5-8-17(9-6-15)26-13-19(22)24/h1-10H,11-14H2,(H2,22,24)(H,23,25)/b10-7+. The maximum Gasteiger partial charge on any atom is 0.255 e. The minimum atomic E-state index is -0.539. The van der Waals surface area contributed by atoms with Crippen LogP contribution in [0.2, 0.25) is 0 Å². The highest BCUT2D eigenvalue weighted by Crippen LogP contribution is 2.15. The lowest BCUT2D eigenvalue weighted by Gasteiger charge is -2.04. The third kappa shape index (κ3) is 7.96. The Bertz CT molecular complexity index is 794. The summed E-state index contributed by atoms with van der Waals surface area (Å²) in [6, 6.07) is 13.6. The number of nitrogens with one attached hydrogen (secondary N) is 1. The van der Waals surface area contributed by atoms with Gasteiger partial charge in [-0.3, -0.25) is 9.59 Å². The summed E-state index contributed by atoms with van der Waals surface area (Å²) in [6.45, 7) is 0.328. The molecule has 0 atom stereocenters. The van der Waals surface area contributed by atoms with Gasteiger partial charge in [-0.1, -0.05) is 30.3 Å². The minimum Gasteiger partial charge on any atom is -0.484 e. The van der Waals surface area contributed by atoms with E-state index in [9.17, 15) is 14.0 Å². The van der Waals surface area contributed by atoms with Gasteiger partial charge in [0.05, 0.1) is 0 Å². The molecule has 0 fully saturated rings. The maximum atomic E-state index is 13.5. The maximum absolute atomic E-state index is 13.5. The first kappa shape index (κ1) is 20.5. The van der Waals surface area contributed by atoms with Gasteiger partial charge in [-0.2, -0.15) is 11.8 Å². The average molecular weight is 388 g/mol. The van der Waals surface area contributed by atoms with Gasteiger partial charge < -0.3 is 15.8 Å². The molecule has 0 bridgehead atoms. The average Bonchev–Trinajstić information content (AvgIpc) is 2.66. The predicted octanol–water partition coefficient (Wildman–Crippen LogP) is 2.75. The highest BCUT2D eigenvalue weighted by atomic mass is 32.2. The van der Waals surface area contributed by atoms with Crippen LogP contribution in [0.15, 0.2) is 54.6 Å². The second kappa shape index (κ2) is 11.0. The van der Waals surface area contributed by atoms with E-state index in [4.69, 9.17) is 10.5 Å². The number of primary amides is 1. The molecule has 142 valence electrons. The lowest BCUT2D eigenvalue weighted by atomic mass is 10.2. The van der Waals surface area contributed by atoms with E-state index < -0.39 is 5.91 Å². The Morgan fingerprint density at radius 3 is 2.59 bits per heavy atom. The molecule has 0 radical (unpaired) electrons. The SMILES string of the molecule is NC(=O)COc1ccc(/C=C/C(=O)NCCSCc2ccccc2F)cc1. The zero-order valence-corrected chi connectivity index (χ0v) is 15.5.